The van der Waals surface area contributed by atoms with Crippen molar-refractivity contribution in [2.45, 2.75) is 0 Å². The molecule has 2 aliphatic rings. The number of allylic oxidation sites excluding steroid dienone is 4. The summed E-state index contributed by atoms with van der Waals surface area (Å²) in [5.74, 6) is -2.24. The van der Waals surface area contributed by atoms with Gasteiger partial charge in [0.15, 0.2) is 0 Å². The van der Waals surface area contributed by atoms with Gasteiger partial charge < -0.3 is 5.32 Å². The first-order valence-electron chi connectivity index (χ1n) is 7.85. The van der Waals surface area contributed by atoms with E-state index in [-0.39, 0.29) is 43.7 Å². The molecule has 2 aromatic rings. The van der Waals surface area contributed by atoms with Gasteiger partial charge in [0.1, 0.15) is 21.5 Å². The van der Waals surface area contributed by atoms with Crippen molar-refractivity contribution in [3.63, 3.8) is 0 Å². The molecule has 0 saturated heterocycles. The lowest BCUT2D eigenvalue weighted by Crippen LogP contribution is -2.34. The van der Waals surface area contributed by atoms with Gasteiger partial charge in [-0.2, -0.15) is 0 Å². The molecule has 0 bridgehead atoms. The van der Waals surface area contributed by atoms with Gasteiger partial charge in [-0.15, -0.1) is 0 Å². The van der Waals surface area contributed by atoms with E-state index in [0.717, 1.165) is 0 Å². The van der Waals surface area contributed by atoms with Crippen LogP contribution in [0.2, 0.25) is 0 Å². The van der Waals surface area contributed by atoms with Crippen molar-refractivity contribution in [2.75, 3.05) is 0 Å². The average Bonchev–Trinajstić information content (AvgIpc) is 2.70. The summed E-state index contributed by atoms with van der Waals surface area (Å²) in [6, 6.07) is 12.4. The monoisotopic (exact) mass is 397 g/mol. The Morgan fingerprint density at radius 2 is 0.815 bits per heavy atom. The van der Waals surface area contributed by atoms with E-state index in [1.807, 2.05) is 0 Å². The molecule has 132 valence electrons. The second-order valence-electron chi connectivity index (χ2n) is 5.91. The predicted octanol–water partition coefficient (Wildman–Crippen LogP) is 3.64. The first-order valence-corrected chi connectivity index (χ1v) is 8.61. The molecule has 0 radical (unpaired) electrons. The molecule has 0 saturated carbocycles. The van der Waals surface area contributed by atoms with Crippen LogP contribution in [0.5, 0.6) is 0 Å². The topological polar surface area (TPSA) is 80.3 Å². The standard InChI is InChI=1S/C20H9Cl2NO4/c21-13-15(19(26)11-7-3-1-5-9(11)17(13)24)23-16-14(22)18(25)10-6-2-4-8-12(10)20(16)27/h1-8,23H. The first kappa shape index (κ1) is 17.4. The van der Waals surface area contributed by atoms with Crippen LogP contribution in [0.4, 0.5) is 0 Å². The Labute approximate surface area is 163 Å². The second-order valence-corrected chi connectivity index (χ2v) is 6.67. The van der Waals surface area contributed by atoms with Gasteiger partial charge in [0.2, 0.25) is 23.1 Å². The van der Waals surface area contributed by atoms with Crippen LogP contribution in [0.1, 0.15) is 41.4 Å². The summed E-state index contributed by atoms with van der Waals surface area (Å²) in [5.41, 5.74) is 0.0920. The van der Waals surface area contributed by atoms with Crippen LogP contribution in [0.3, 0.4) is 0 Å². The molecule has 0 unspecified atom stereocenters. The van der Waals surface area contributed by atoms with Gasteiger partial charge in [-0.1, -0.05) is 71.7 Å². The Morgan fingerprint density at radius 3 is 1.15 bits per heavy atom. The van der Waals surface area contributed by atoms with Gasteiger partial charge in [-0.05, 0) is 0 Å². The van der Waals surface area contributed by atoms with E-state index in [9.17, 15) is 19.2 Å². The minimum atomic E-state index is -0.564. The third-order valence-corrected chi connectivity index (χ3v) is 5.10. The predicted molar refractivity (Wildman–Crippen MR) is 99.1 cm³/mol. The highest BCUT2D eigenvalue weighted by molar-refractivity contribution is 6.51. The fraction of sp³-hybridized carbons (Fsp3) is 0. The molecule has 0 atom stereocenters. The van der Waals surface area contributed by atoms with E-state index < -0.39 is 23.1 Å². The van der Waals surface area contributed by atoms with Gasteiger partial charge in [0.05, 0.1) is 0 Å². The molecule has 0 heterocycles. The Balaban J connectivity index is 1.81. The van der Waals surface area contributed by atoms with Crippen molar-refractivity contribution in [3.8, 4) is 0 Å². The van der Waals surface area contributed by atoms with Crippen molar-refractivity contribution >= 4 is 46.3 Å². The van der Waals surface area contributed by atoms with Crippen LogP contribution in [-0.4, -0.2) is 23.1 Å². The van der Waals surface area contributed by atoms with Crippen LogP contribution in [0, 0.1) is 0 Å². The fourth-order valence-electron chi connectivity index (χ4n) is 3.04. The minimum Gasteiger partial charge on any atom is -0.346 e. The molecule has 2 aliphatic carbocycles. The number of carbonyl (C=O) groups is 4. The van der Waals surface area contributed by atoms with Gasteiger partial charge in [0, 0.05) is 22.3 Å². The third-order valence-electron chi connectivity index (χ3n) is 4.37. The average molecular weight is 398 g/mol. The largest absolute Gasteiger partial charge is 0.346 e. The van der Waals surface area contributed by atoms with Gasteiger partial charge in [-0.3, -0.25) is 19.2 Å². The smallest absolute Gasteiger partial charge is 0.211 e. The Bertz CT molecular complexity index is 1050. The number of fused-ring (bicyclic) bond motifs is 2. The van der Waals surface area contributed by atoms with E-state index in [0.29, 0.717) is 0 Å². The molecule has 4 rings (SSSR count). The molecular weight excluding hydrogens is 389 g/mol. The normalized spacial score (nSPS) is 16.5. The van der Waals surface area contributed by atoms with Crippen molar-refractivity contribution < 1.29 is 19.2 Å². The van der Waals surface area contributed by atoms with E-state index in [4.69, 9.17) is 23.2 Å². The molecule has 1 N–H and O–H groups in total. The molecule has 0 aliphatic heterocycles. The number of halogens is 2. The summed E-state index contributed by atoms with van der Waals surface area (Å²) < 4.78 is 0. The summed E-state index contributed by atoms with van der Waals surface area (Å²) in [6.45, 7) is 0. The number of carbonyl (C=O) groups excluding carboxylic acids is 4. The Morgan fingerprint density at radius 1 is 0.519 bits per heavy atom. The third kappa shape index (κ3) is 2.55. The van der Waals surface area contributed by atoms with Crippen molar-refractivity contribution in [1.82, 2.24) is 5.32 Å². The summed E-state index contributed by atoms with van der Waals surface area (Å²) in [6.07, 6.45) is 0. The van der Waals surface area contributed by atoms with Crippen molar-refractivity contribution in [3.05, 3.63) is 92.2 Å². The lowest BCUT2D eigenvalue weighted by atomic mass is 9.90. The van der Waals surface area contributed by atoms with Crippen LogP contribution in [0.15, 0.2) is 70.0 Å². The van der Waals surface area contributed by atoms with Crippen molar-refractivity contribution in [2.24, 2.45) is 0 Å². The zero-order valence-corrected chi connectivity index (χ0v) is 15.0. The molecular formula is C20H9Cl2NO4. The zero-order chi connectivity index (χ0) is 19.3. The summed E-state index contributed by atoms with van der Waals surface area (Å²) in [5, 5.41) is 1.82. The number of ketones is 4. The molecule has 7 heteroatoms. The SMILES string of the molecule is O=C1C(Cl)=C(NC2=C(Cl)C(=O)c3ccccc3C2=O)C(=O)c2ccccc21. The highest BCUT2D eigenvalue weighted by Gasteiger charge is 2.36. The summed E-state index contributed by atoms with van der Waals surface area (Å²) in [4.78, 5) is 50.4. The number of benzene rings is 2. The van der Waals surface area contributed by atoms with Gasteiger partial charge in [-0.25, -0.2) is 0 Å². The fourth-order valence-corrected chi connectivity index (χ4v) is 3.51. The van der Waals surface area contributed by atoms with Gasteiger partial charge >= 0.3 is 0 Å². The first-order chi connectivity index (χ1) is 12.9. The van der Waals surface area contributed by atoms with Gasteiger partial charge in [0.25, 0.3) is 0 Å². The quantitative estimate of drug-likeness (QED) is 0.836. The molecule has 0 aromatic heterocycles. The lowest BCUT2D eigenvalue weighted by Gasteiger charge is -2.23. The van der Waals surface area contributed by atoms with E-state index in [1.165, 1.54) is 24.3 Å². The number of hydrogen-bond acceptors (Lipinski definition) is 5. The van der Waals surface area contributed by atoms with Crippen LogP contribution < -0.4 is 5.32 Å². The molecule has 0 amide bonds. The van der Waals surface area contributed by atoms with Crippen LogP contribution in [-0.2, 0) is 0 Å². The Kier molecular flexibility index (Phi) is 4.06. The highest BCUT2D eigenvalue weighted by atomic mass is 35.5. The van der Waals surface area contributed by atoms with Crippen LogP contribution >= 0.6 is 23.2 Å². The molecule has 5 nitrogen and oxygen atoms in total. The van der Waals surface area contributed by atoms with Crippen LogP contribution in [0.25, 0.3) is 0 Å². The maximum Gasteiger partial charge on any atom is 0.211 e. The summed E-state index contributed by atoms with van der Waals surface area (Å²) >= 11 is 12.2. The van der Waals surface area contributed by atoms with Crippen molar-refractivity contribution in [1.29, 1.82) is 0 Å². The molecule has 0 spiro atoms. The number of Topliss-reactive ketones (excluding diaryl/α,β-unsaturated/α-hetero) is 4. The molecule has 0 fully saturated rings. The number of rotatable bonds is 2. The van der Waals surface area contributed by atoms with E-state index >= 15 is 0 Å². The van der Waals surface area contributed by atoms with E-state index in [2.05, 4.69) is 5.32 Å². The lowest BCUT2D eigenvalue weighted by molar-refractivity contribution is 0.0961. The molecule has 2 aromatic carbocycles. The zero-order valence-electron chi connectivity index (χ0n) is 13.5. The number of hydrogen-bond donors (Lipinski definition) is 1. The molecule has 27 heavy (non-hydrogen) atoms. The maximum absolute atomic E-state index is 12.8. The number of nitrogens with one attached hydrogen (secondary N) is 1. The summed E-state index contributed by atoms with van der Waals surface area (Å²) in [7, 11) is 0. The maximum atomic E-state index is 12.8. The minimum absolute atomic E-state index is 0.154. The highest BCUT2D eigenvalue weighted by Crippen LogP contribution is 2.31. The Hall–Kier alpha value is -3.02. The van der Waals surface area contributed by atoms with E-state index in [1.54, 1.807) is 24.3 Å². The second kappa shape index (κ2) is 6.30.